The van der Waals surface area contributed by atoms with E-state index in [1.54, 1.807) is 24.3 Å². The van der Waals surface area contributed by atoms with Gasteiger partial charge < -0.3 is 35.2 Å². The Morgan fingerprint density at radius 3 is 2.40 bits per heavy atom. The summed E-state index contributed by atoms with van der Waals surface area (Å²) in [6, 6.07) is 19.7. The third kappa shape index (κ3) is 14.1. The molecule has 0 radical (unpaired) electrons. The van der Waals surface area contributed by atoms with Gasteiger partial charge in [-0.25, -0.2) is 13.1 Å². The molecule has 1 aliphatic carbocycles. The van der Waals surface area contributed by atoms with E-state index < -0.39 is 22.1 Å². The predicted octanol–water partition coefficient (Wildman–Crippen LogP) is 4.50. The molecule has 3 aromatic carbocycles. The fourth-order valence-electron chi connectivity index (χ4n) is 4.77. The van der Waals surface area contributed by atoms with Gasteiger partial charge in [0.1, 0.15) is 5.75 Å². The normalized spacial score (nSPS) is 13.5. The number of benzene rings is 3. The number of aliphatic hydroxyl groups excluding tert-OH is 2. The van der Waals surface area contributed by atoms with Crippen molar-refractivity contribution in [2.24, 2.45) is 0 Å². The number of hydrogen-bond donors (Lipinski definition) is 6. The van der Waals surface area contributed by atoms with Gasteiger partial charge in [-0.3, -0.25) is 4.79 Å². The maximum Gasteiger partial charge on any atom is 0.300 e. The van der Waals surface area contributed by atoms with Gasteiger partial charge in [0.15, 0.2) is 0 Å². The molecular formula is C35H48N2O9S. The Hall–Kier alpha value is -3.36. The van der Waals surface area contributed by atoms with Crippen LogP contribution in [0.5, 0.6) is 5.75 Å². The van der Waals surface area contributed by atoms with E-state index in [2.05, 4.69) is 10.0 Å². The van der Waals surface area contributed by atoms with Crippen LogP contribution in [-0.4, -0.2) is 73.8 Å². The van der Waals surface area contributed by atoms with Gasteiger partial charge in [-0.15, -0.1) is 0 Å². The van der Waals surface area contributed by atoms with E-state index in [-0.39, 0.29) is 18.4 Å². The number of rotatable bonds is 20. The Morgan fingerprint density at radius 2 is 1.66 bits per heavy atom. The molecule has 1 atom stereocenters. The second-order valence-corrected chi connectivity index (χ2v) is 13.1. The van der Waals surface area contributed by atoms with Gasteiger partial charge in [0, 0.05) is 37.2 Å². The minimum absolute atomic E-state index is 0.0287. The number of aliphatic carboxylic acids is 1. The van der Waals surface area contributed by atoms with E-state index in [0.717, 1.165) is 63.1 Å². The first-order chi connectivity index (χ1) is 22.6. The monoisotopic (exact) mass is 672 g/mol. The average Bonchev–Trinajstić information content (AvgIpc) is 3.86. The topological polar surface area (TPSA) is 175 Å². The van der Waals surface area contributed by atoms with Gasteiger partial charge in [0.05, 0.1) is 37.4 Å². The smallest absolute Gasteiger partial charge is 0.300 e. The molecule has 6 N–H and O–H groups in total. The molecule has 0 unspecified atom stereocenters. The molecule has 3 aromatic rings. The number of carbonyl (C=O) groups is 1. The van der Waals surface area contributed by atoms with Crippen molar-refractivity contribution in [1.82, 2.24) is 10.0 Å². The molecule has 0 amide bonds. The first-order valence-electron chi connectivity index (χ1n) is 16.0. The Morgan fingerprint density at radius 1 is 0.936 bits per heavy atom. The SMILES string of the molecule is CC(=O)O.O=S(=O)(NC1CC1)c1ccccc1-c1cccc(COCCOCCCCCCNC[C@H](O)c2ccc(O)c(CO)c2)c1. The van der Waals surface area contributed by atoms with Crippen molar-refractivity contribution in [2.45, 2.75) is 75.7 Å². The molecule has 0 bridgehead atoms. The number of carboxylic acids is 1. The van der Waals surface area contributed by atoms with E-state index in [0.29, 0.717) is 54.6 Å². The number of sulfonamides is 1. The summed E-state index contributed by atoms with van der Waals surface area (Å²) in [6.45, 7) is 4.13. The molecule has 0 aliphatic heterocycles. The van der Waals surface area contributed by atoms with Crippen LogP contribution in [0.2, 0.25) is 0 Å². The molecule has 47 heavy (non-hydrogen) atoms. The third-order valence-electron chi connectivity index (χ3n) is 7.34. The van der Waals surface area contributed by atoms with Crippen LogP contribution >= 0.6 is 0 Å². The number of phenols is 1. The largest absolute Gasteiger partial charge is 0.508 e. The average molecular weight is 673 g/mol. The number of aliphatic hydroxyl groups is 2. The molecule has 4 rings (SSSR count). The first-order valence-corrected chi connectivity index (χ1v) is 17.5. The Balaban J connectivity index is 0.00000142. The minimum Gasteiger partial charge on any atom is -0.508 e. The first kappa shape index (κ1) is 38.1. The minimum atomic E-state index is -3.57. The molecule has 11 nitrogen and oxygen atoms in total. The van der Waals surface area contributed by atoms with Gasteiger partial charge >= 0.3 is 0 Å². The number of carboxylic acid groups (broad SMARTS) is 1. The molecule has 258 valence electrons. The van der Waals surface area contributed by atoms with Crippen LogP contribution in [0, 0.1) is 0 Å². The summed E-state index contributed by atoms with van der Waals surface area (Å²) in [4.78, 5) is 9.30. The van der Waals surface area contributed by atoms with E-state index in [1.807, 2.05) is 36.4 Å². The zero-order chi connectivity index (χ0) is 34.1. The number of ether oxygens (including phenoxy) is 2. The van der Waals surface area contributed by atoms with Crippen LogP contribution in [0.3, 0.4) is 0 Å². The van der Waals surface area contributed by atoms with E-state index in [9.17, 15) is 23.7 Å². The Kier molecular flexibility index (Phi) is 16.3. The predicted molar refractivity (Wildman–Crippen MR) is 179 cm³/mol. The molecule has 0 spiro atoms. The second kappa shape index (κ2) is 20.1. The number of nitrogens with one attached hydrogen (secondary N) is 2. The van der Waals surface area contributed by atoms with E-state index >= 15 is 0 Å². The quantitative estimate of drug-likeness (QED) is 0.0938. The summed E-state index contributed by atoms with van der Waals surface area (Å²) < 4.78 is 40.0. The van der Waals surface area contributed by atoms with Crippen molar-refractivity contribution in [2.75, 3.05) is 32.9 Å². The molecule has 1 saturated carbocycles. The summed E-state index contributed by atoms with van der Waals surface area (Å²) in [7, 11) is -3.57. The van der Waals surface area contributed by atoms with Crippen LogP contribution < -0.4 is 10.0 Å². The standard InChI is InChI=1S/C33H44N2O7S.C2H4O2/c36-23-28-21-27(12-15-31(28)37)32(38)22-34-16-5-1-2-6-17-41-18-19-42-24-25-8-7-9-26(20-25)30-10-3-4-11-33(30)43(39,40)35-29-13-14-29;1-2(3)4/h3-4,7-12,15,20-21,29,32,34-38H,1-2,5-6,13-14,16-19,22-24H2;1H3,(H,3,4)/t32-;/m0./s1. The highest BCUT2D eigenvalue weighted by atomic mass is 32.2. The Bertz CT molecular complexity index is 1490. The van der Waals surface area contributed by atoms with Crippen LogP contribution in [0.15, 0.2) is 71.6 Å². The van der Waals surface area contributed by atoms with Crippen molar-refractivity contribution in [1.29, 1.82) is 0 Å². The van der Waals surface area contributed by atoms with E-state index in [1.165, 1.54) is 6.07 Å². The number of aromatic hydroxyl groups is 1. The highest BCUT2D eigenvalue weighted by Gasteiger charge is 2.29. The molecule has 0 saturated heterocycles. The van der Waals surface area contributed by atoms with Gasteiger partial charge in [0.25, 0.3) is 5.97 Å². The van der Waals surface area contributed by atoms with Crippen molar-refractivity contribution in [3.05, 3.63) is 83.4 Å². The van der Waals surface area contributed by atoms with Crippen molar-refractivity contribution < 1.29 is 43.1 Å². The maximum absolute atomic E-state index is 12.9. The summed E-state index contributed by atoms with van der Waals surface area (Å²) in [5.41, 5.74) is 3.57. The highest BCUT2D eigenvalue weighted by molar-refractivity contribution is 7.89. The zero-order valence-corrected chi connectivity index (χ0v) is 27.8. The molecular weight excluding hydrogens is 624 g/mol. The second-order valence-electron chi connectivity index (χ2n) is 11.5. The molecule has 1 aliphatic rings. The van der Waals surface area contributed by atoms with Crippen LogP contribution in [0.4, 0.5) is 0 Å². The molecule has 0 aromatic heterocycles. The number of hydrogen-bond acceptors (Lipinski definition) is 9. The summed E-state index contributed by atoms with van der Waals surface area (Å²) in [5, 5.41) is 39.9. The fraction of sp³-hybridized carbons (Fsp3) is 0.457. The third-order valence-corrected chi connectivity index (χ3v) is 8.92. The van der Waals surface area contributed by atoms with Gasteiger partial charge in [-0.1, -0.05) is 55.3 Å². The summed E-state index contributed by atoms with van der Waals surface area (Å²) in [6.07, 6.45) is 5.18. The van der Waals surface area contributed by atoms with Crippen LogP contribution in [-0.2, 0) is 37.5 Å². The molecule has 0 heterocycles. The lowest BCUT2D eigenvalue weighted by Gasteiger charge is -2.14. The van der Waals surface area contributed by atoms with Gasteiger partial charge in [-0.05, 0) is 73.2 Å². The lowest BCUT2D eigenvalue weighted by molar-refractivity contribution is -0.134. The lowest BCUT2D eigenvalue weighted by atomic mass is 10.0. The van der Waals surface area contributed by atoms with Crippen molar-refractivity contribution in [3.8, 4) is 16.9 Å². The van der Waals surface area contributed by atoms with Crippen LogP contribution in [0.25, 0.3) is 11.1 Å². The summed E-state index contributed by atoms with van der Waals surface area (Å²) in [5.74, 6) is -0.805. The zero-order valence-electron chi connectivity index (χ0n) is 26.9. The Labute approximate surface area is 277 Å². The lowest BCUT2D eigenvalue weighted by Crippen LogP contribution is -2.26. The molecule has 12 heteroatoms. The summed E-state index contributed by atoms with van der Waals surface area (Å²) >= 11 is 0. The molecule has 1 fully saturated rings. The van der Waals surface area contributed by atoms with E-state index in [4.69, 9.17) is 19.4 Å². The maximum atomic E-state index is 12.9. The van der Waals surface area contributed by atoms with Crippen LogP contribution in [0.1, 0.15) is 68.2 Å². The van der Waals surface area contributed by atoms with Crippen molar-refractivity contribution >= 4 is 16.0 Å². The number of unbranched alkanes of at least 4 members (excludes halogenated alkanes) is 3. The van der Waals surface area contributed by atoms with Gasteiger partial charge in [-0.2, -0.15) is 0 Å². The highest BCUT2D eigenvalue weighted by Crippen LogP contribution is 2.30. The van der Waals surface area contributed by atoms with Crippen molar-refractivity contribution in [3.63, 3.8) is 0 Å². The fourth-order valence-corrected chi connectivity index (χ4v) is 6.30. The van der Waals surface area contributed by atoms with Gasteiger partial charge in [0.2, 0.25) is 10.0 Å².